The number of aliphatic hydroxyl groups is 1. The molecule has 0 radical (unpaired) electrons. The first-order valence-corrected chi connectivity index (χ1v) is 7.05. The highest BCUT2D eigenvalue weighted by Crippen LogP contribution is 2.07. The molecule has 1 nitrogen and oxygen atoms in total. The van der Waals surface area contributed by atoms with Crippen molar-refractivity contribution in [3.8, 4) is 11.8 Å². The Morgan fingerprint density at radius 1 is 0.944 bits per heavy atom. The zero-order valence-corrected chi connectivity index (χ0v) is 11.4. The summed E-state index contributed by atoms with van der Waals surface area (Å²) in [6.07, 6.45) is 8.90. The fraction of sp³-hybridized carbons (Fsp3) is 0.529. The van der Waals surface area contributed by atoms with Gasteiger partial charge in [0.05, 0.1) is 6.61 Å². The van der Waals surface area contributed by atoms with E-state index >= 15 is 0 Å². The molecule has 1 heteroatoms. The van der Waals surface area contributed by atoms with Gasteiger partial charge in [0.2, 0.25) is 0 Å². The van der Waals surface area contributed by atoms with Gasteiger partial charge in [0.15, 0.2) is 0 Å². The van der Waals surface area contributed by atoms with Crippen LogP contribution in [0, 0.1) is 11.8 Å². The highest BCUT2D eigenvalue weighted by atomic mass is 16.3. The van der Waals surface area contributed by atoms with Gasteiger partial charge in [-0.15, -0.1) is 0 Å². The van der Waals surface area contributed by atoms with Crippen LogP contribution in [0.5, 0.6) is 0 Å². The van der Waals surface area contributed by atoms with Gasteiger partial charge < -0.3 is 5.11 Å². The van der Waals surface area contributed by atoms with E-state index in [9.17, 15) is 0 Å². The predicted octanol–water partition coefficient (Wildman–Crippen LogP) is 4.28. The molecule has 0 aliphatic heterocycles. The maximum atomic E-state index is 8.93. The van der Waals surface area contributed by atoms with Crippen molar-refractivity contribution in [3.63, 3.8) is 0 Å². The van der Waals surface area contributed by atoms with Crippen molar-refractivity contribution in [2.24, 2.45) is 0 Å². The predicted molar refractivity (Wildman–Crippen MR) is 77.2 cm³/mol. The van der Waals surface area contributed by atoms with E-state index in [0.29, 0.717) is 0 Å². The fourth-order valence-electron chi connectivity index (χ4n) is 1.85. The van der Waals surface area contributed by atoms with E-state index in [1.54, 1.807) is 0 Å². The molecule has 0 bridgehead atoms. The maximum Gasteiger partial charge on any atom is 0.0681 e. The van der Waals surface area contributed by atoms with Crippen molar-refractivity contribution >= 4 is 0 Å². The Morgan fingerprint density at radius 3 is 2.28 bits per heavy atom. The first kappa shape index (κ1) is 14.8. The Morgan fingerprint density at radius 2 is 1.61 bits per heavy atom. The van der Waals surface area contributed by atoms with Gasteiger partial charge in [-0.05, 0) is 24.1 Å². The Hall–Kier alpha value is -1.26. The van der Waals surface area contributed by atoms with E-state index in [0.717, 1.165) is 17.5 Å². The summed E-state index contributed by atoms with van der Waals surface area (Å²) in [5, 5.41) is 8.93. The quantitative estimate of drug-likeness (QED) is 0.560. The van der Waals surface area contributed by atoms with E-state index in [1.165, 1.54) is 38.5 Å². The molecule has 0 atom stereocenters. The van der Waals surface area contributed by atoms with Crippen LogP contribution in [0.4, 0.5) is 0 Å². The number of benzene rings is 1. The molecule has 1 N–H and O–H groups in total. The number of hydrogen-bond acceptors (Lipinski definition) is 1. The van der Waals surface area contributed by atoms with Crippen LogP contribution in [0.2, 0.25) is 0 Å². The Labute approximate surface area is 111 Å². The monoisotopic (exact) mass is 244 g/mol. The summed E-state index contributed by atoms with van der Waals surface area (Å²) >= 11 is 0. The van der Waals surface area contributed by atoms with Crippen LogP contribution < -0.4 is 0 Å². The van der Waals surface area contributed by atoms with Gasteiger partial charge in [0.1, 0.15) is 0 Å². The minimum atomic E-state index is 0.103. The third-order valence-corrected chi connectivity index (χ3v) is 3.02. The van der Waals surface area contributed by atoms with Crippen LogP contribution in [-0.4, -0.2) is 5.11 Å². The summed E-state index contributed by atoms with van der Waals surface area (Å²) in [6.45, 7) is 2.35. The molecule has 0 spiro atoms. The van der Waals surface area contributed by atoms with Gasteiger partial charge in [-0.1, -0.05) is 63.0 Å². The van der Waals surface area contributed by atoms with Gasteiger partial charge in [-0.2, -0.15) is 0 Å². The zero-order valence-electron chi connectivity index (χ0n) is 11.4. The first-order valence-electron chi connectivity index (χ1n) is 7.05. The molecule has 0 amide bonds. The molecule has 0 fully saturated rings. The van der Waals surface area contributed by atoms with Gasteiger partial charge in [0.25, 0.3) is 0 Å². The molecule has 0 aliphatic carbocycles. The van der Waals surface area contributed by atoms with Crippen molar-refractivity contribution < 1.29 is 5.11 Å². The molecular formula is C17H24O. The lowest BCUT2D eigenvalue weighted by atomic mass is 10.1. The highest BCUT2D eigenvalue weighted by Gasteiger charge is 1.90. The summed E-state index contributed by atoms with van der Waals surface area (Å²) < 4.78 is 0. The van der Waals surface area contributed by atoms with E-state index < -0.39 is 0 Å². The minimum absolute atomic E-state index is 0.103. The van der Waals surface area contributed by atoms with Crippen LogP contribution in [0.15, 0.2) is 24.3 Å². The molecule has 0 unspecified atom stereocenters. The lowest BCUT2D eigenvalue weighted by Crippen LogP contribution is -1.82. The van der Waals surface area contributed by atoms with Gasteiger partial charge in [-0.25, -0.2) is 0 Å². The second kappa shape index (κ2) is 9.74. The molecule has 0 aliphatic rings. The number of hydrogen-bond donors (Lipinski definition) is 1. The summed E-state index contributed by atoms with van der Waals surface area (Å²) in [6, 6.07) is 7.79. The Balaban J connectivity index is 2.16. The van der Waals surface area contributed by atoms with E-state index in [4.69, 9.17) is 5.11 Å². The lowest BCUT2D eigenvalue weighted by molar-refractivity contribution is 0.282. The van der Waals surface area contributed by atoms with E-state index in [2.05, 4.69) is 18.8 Å². The molecule has 0 heterocycles. The van der Waals surface area contributed by atoms with E-state index in [1.807, 2.05) is 24.3 Å². The third kappa shape index (κ3) is 6.47. The molecule has 0 saturated heterocycles. The van der Waals surface area contributed by atoms with Crippen LogP contribution in [0.1, 0.15) is 63.0 Å². The normalized spacial score (nSPS) is 9.89. The molecule has 0 aromatic heterocycles. The highest BCUT2D eigenvalue weighted by molar-refractivity contribution is 5.35. The second-order valence-corrected chi connectivity index (χ2v) is 4.67. The Kier molecular flexibility index (Phi) is 8.01. The van der Waals surface area contributed by atoms with Gasteiger partial charge >= 0.3 is 0 Å². The topological polar surface area (TPSA) is 20.2 Å². The standard InChI is InChI=1S/C17H24O/c1-2-3-4-5-6-7-8-9-10-16-11-13-17(15-18)14-12-16/h11-14,18H,2-8,15H2,1H3. The minimum Gasteiger partial charge on any atom is -0.392 e. The Bertz CT molecular complexity index is 367. The molecule has 1 rings (SSSR count). The summed E-state index contributed by atoms with van der Waals surface area (Å²) in [7, 11) is 0. The molecule has 1 aromatic rings. The van der Waals surface area contributed by atoms with Crippen LogP contribution in [0.3, 0.4) is 0 Å². The van der Waals surface area contributed by atoms with Gasteiger partial charge in [-0.3, -0.25) is 0 Å². The summed E-state index contributed by atoms with van der Waals surface area (Å²) in [4.78, 5) is 0. The lowest BCUT2D eigenvalue weighted by Gasteiger charge is -1.97. The van der Waals surface area contributed by atoms with Crippen LogP contribution in [0.25, 0.3) is 0 Å². The molecule has 18 heavy (non-hydrogen) atoms. The largest absolute Gasteiger partial charge is 0.392 e. The van der Waals surface area contributed by atoms with Crippen molar-refractivity contribution in [2.75, 3.05) is 0 Å². The number of aliphatic hydroxyl groups excluding tert-OH is 1. The molecule has 0 saturated carbocycles. The zero-order chi connectivity index (χ0) is 13.1. The van der Waals surface area contributed by atoms with Crippen molar-refractivity contribution in [1.29, 1.82) is 0 Å². The van der Waals surface area contributed by atoms with Gasteiger partial charge in [0, 0.05) is 12.0 Å². The average Bonchev–Trinajstić information content (AvgIpc) is 2.42. The van der Waals surface area contributed by atoms with Crippen LogP contribution in [-0.2, 0) is 6.61 Å². The summed E-state index contributed by atoms with van der Waals surface area (Å²) in [5.41, 5.74) is 1.98. The molecule has 1 aromatic carbocycles. The van der Waals surface area contributed by atoms with Crippen molar-refractivity contribution in [3.05, 3.63) is 35.4 Å². The SMILES string of the molecule is CCCCCCCCC#Cc1ccc(CO)cc1. The summed E-state index contributed by atoms with van der Waals surface area (Å²) in [5.74, 6) is 6.38. The number of unbranched alkanes of at least 4 members (excludes halogenated alkanes) is 6. The smallest absolute Gasteiger partial charge is 0.0681 e. The van der Waals surface area contributed by atoms with Crippen LogP contribution >= 0.6 is 0 Å². The van der Waals surface area contributed by atoms with Crippen molar-refractivity contribution in [2.45, 2.75) is 58.5 Å². The maximum absolute atomic E-state index is 8.93. The van der Waals surface area contributed by atoms with E-state index in [-0.39, 0.29) is 6.61 Å². The fourth-order valence-corrected chi connectivity index (χ4v) is 1.85. The second-order valence-electron chi connectivity index (χ2n) is 4.67. The third-order valence-electron chi connectivity index (χ3n) is 3.02. The molecular weight excluding hydrogens is 220 g/mol. The number of rotatable bonds is 7. The van der Waals surface area contributed by atoms with Crippen molar-refractivity contribution in [1.82, 2.24) is 0 Å². The molecule has 98 valence electrons. The average molecular weight is 244 g/mol. The first-order chi connectivity index (χ1) is 8.86.